The van der Waals surface area contributed by atoms with Gasteiger partial charge in [0.1, 0.15) is 0 Å². The fourth-order valence-electron chi connectivity index (χ4n) is 2.22. The summed E-state index contributed by atoms with van der Waals surface area (Å²) in [6.07, 6.45) is 6.38. The number of nitrogens with zero attached hydrogens (tertiary/aromatic N) is 3. The predicted octanol–water partition coefficient (Wildman–Crippen LogP) is 1.01. The Kier molecular flexibility index (Phi) is 4.61. The molecule has 0 aliphatic heterocycles. The summed E-state index contributed by atoms with van der Waals surface area (Å²) < 4.78 is 0. The monoisotopic (exact) mass is 339 g/mol. The van der Waals surface area contributed by atoms with E-state index in [0.29, 0.717) is 12.2 Å². The number of nitrogens with one attached hydrogen (secondary N) is 4. The lowest BCUT2D eigenvalue weighted by atomic mass is 10.1. The number of nitriles is 1. The number of hydrogen-bond acceptors (Lipinski definition) is 5. The van der Waals surface area contributed by atoms with Gasteiger partial charge in [0.25, 0.3) is 0 Å². The van der Waals surface area contributed by atoms with E-state index in [9.17, 15) is 9.59 Å². The van der Waals surface area contributed by atoms with E-state index < -0.39 is 11.4 Å². The molecule has 2 heterocycles. The Bertz CT molecular complexity index is 806. The highest BCUT2D eigenvalue weighted by atomic mass is 16.2. The summed E-state index contributed by atoms with van der Waals surface area (Å²) in [5.74, 6) is -0.332. The number of hydrogen-bond donors (Lipinski definition) is 4. The van der Waals surface area contributed by atoms with Crippen molar-refractivity contribution in [2.24, 2.45) is 5.41 Å². The summed E-state index contributed by atoms with van der Waals surface area (Å²) in [5, 5.41) is 23.4. The maximum atomic E-state index is 11.9. The summed E-state index contributed by atoms with van der Waals surface area (Å²) in [7, 11) is 0. The highest BCUT2D eigenvalue weighted by Gasteiger charge is 2.43. The molecule has 3 amide bonds. The molecule has 0 unspecified atom stereocenters. The van der Waals surface area contributed by atoms with E-state index >= 15 is 0 Å². The molecule has 0 bridgehead atoms. The molecule has 128 valence electrons. The SMILES string of the molecule is N#CC1(CNC(=O)CNC(=O)Nc2cncc(-c3ccn[nH]3)c2)CC1. The molecule has 0 spiro atoms. The maximum absolute atomic E-state index is 11.9. The van der Waals surface area contributed by atoms with Gasteiger partial charge in [0.15, 0.2) is 0 Å². The van der Waals surface area contributed by atoms with Crippen LogP contribution in [0.1, 0.15) is 12.8 Å². The van der Waals surface area contributed by atoms with Gasteiger partial charge in [-0.2, -0.15) is 10.4 Å². The molecule has 0 atom stereocenters. The Labute approximate surface area is 143 Å². The molecule has 1 aliphatic carbocycles. The summed E-state index contributed by atoms with van der Waals surface area (Å²) in [4.78, 5) is 27.7. The third-order valence-corrected chi connectivity index (χ3v) is 3.93. The van der Waals surface area contributed by atoms with Crippen molar-refractivity contribution in [3.05, 3.63) is 30.7 Å². The van der Waals surface area contributed by atoms with Crippen LogP contribution < -0.4 is 16.0 Å². The average molecular weight is 339 g/mol. The van der Waals surface area contributed by atoms with Gasteiger partial charge in [-0.05, 0) is 25.0 Å². The number of pyridine rings is 1. The zero-order chi connectivity index (χ0) is 17.7. The molecule has 1 saturated carbocycles. The molecule has 2 aromatic rings. The van der Waals surface area contributed by atoms with Crippen molar-refractivity contribution in [2.75, 3.05) is 18.4 Å². The number of anilines is 1. The number of aromatic nitrogens is 3. The summed E-state index contributed by atoms with van der Waals surface area (Å²) in [6.45, 7) is 0.156. The second-order valence-corrected chi connectivity index (χ2v) is 5.91. The Balaban J connectivity index is 1.45. The van der Waals surface area contributed by atoms with Gasteiger partial charge < -0.3 is 16.0 Å². The highest BCUT2D eigenvalue weighted by Crippen LogP contribution is 2.43. The summed E-state index contributed by atoms with van der Waals surface area (Å²) in [6, 6.07) is 5.21. The normalized spacial score (nSPS) is 14.2. The van der Waals surface area contributed by atoms with Crippen LogP contribution in [0, 0.1) is 16.7 Å². The molecule has 0 saturated heterocycles. The second-order valence-electron chi connectivity index (χ2n) is 5.91. The van der Waals surface area contributed by atoms with Crippen LogP contribution in [0.15, 0.2) is 30.7 Å². The van der Waals surface area contributed by atoms with E-state index in [1.54, 1.807) is 24.5 Å². The molecule has 0 aromatic carbocycles. The molecule has 0 radical (unpaired) electrons. The third kappa shape index (κ3) is 4.32. The topological polar surface area (TPSA) is 136 Å². The first-order valence-electron chi connectivity index (χ1n) is 7.78. The standard InChI is InChI=1S/C16H17N7O2/c17-9-16(2-3-16)10-20-14(24)8-19-15(25)22-12-5-11(6-18-7-12)13-1-4-21-23-13/h1,4-7H,2-3,8,10H2,(H,20,24)(H,21,23)(H2,19,22,25). The van der Waals surface area contributed by atoms with Crippen LogP contribution in [0.25, 0.3) is 11.3 Å². The average Bonchev–Trinajstić information content (AvgIpc) is 3.20. The van der Waals surface area contributed by atoms with Crippen molar-refractivity contribution < 1.29 is 9.59 Å². The van der Waals surface area contributed by atoms with Crippen LogP contribution in [0.5, 0.6) is 0 Å². The van der Waals surface area contributed by atoms with E-state index in [4.69, 9.17) is 5.26 Å². The zero-order valence-corrected chi connectivity index (χ0v) is 13.4. The highest BCUT2D eigenvalue weighted by molar-refractivity contribution is 5.92. The van der Waals surface area contributed by atoms with Gasteiger partial charge in [0, 0.05) is 24.5 Å². The lowest BCUT2D eigenvalue weighted by Gasteiger charge is -2.10. The lowest BCUT2D eigenvalue weighted by Crippen LogP contribution is -2.40. The molecular formula is C16H17N7O2. The van der Waals surface area contributed by atoms with E-state index in [0.717, 1.165) is 24.1 Å². The second kappa shape index (κ2) is 7.00. The van der Waals surface area contributed by atoms with Crippen molar-refractivity contribution in [1.29, 1.82) is 5.26 Å². The van der Waals surface area contributed by atoms with Gasteiger partial charge in [-0.3, -0.25) is 14.9 Å². The van der Waals surface area contributed by atoms with E-state index in [2.05, 4.69) is 37.2 Å². The number of rotatable bonds is 6. The van der Waals surface area contributed by atoms with Gasteiger partial charge >= 0.3 is 6.03 Å². The van der Waals surface area contributed by atoms with Crippen LogP contribution in [0.2, 0.25) is 0 Å². The third-order valence-electron chi connectivity index (χ3n) is 3.93. The minimum absolute atomic E-state index is 0.166. The Morgan fingerprint density at radius 1 is 1.32 bits per heavy atom. The largest absolute Gasteiger partial charge is 0.353 e. The van der Waals surface area contributed by atoms with E-state index in [1.165, 1.54) is 6.20 Å². The van der Waals surface area contributed by atoms with Crippen molar-refractivity contribution in [3.63, 3.8) is 0 Å². The van der Waals surface area contributed by atoms with Gasteiger partial charge in [-0.25, -0.2) is 4.79 Å². The van der Waals surface area contributed by atoms with Crippen LogP contribution in [0.4, 0.5) is 10.5 Å². The van der Waals surface area contributed by atoms with Crippen LogP contribution >= 0.6 is 0 Å². The number of urea groups is 1. The molecule has 4 N–H and O–H groups in total. The first-order chi connectivity index (χ1) is 12.1. The van der Waals surface area contributed by atoms with E-state index in [1.807, 2.05) is 0 Å². The van der Waals surface area contributed by atoms with Gasteiger partial charge in [0.05, 0.1) is 35.6 Å². The molecule has 9 heteroatoms. The number of aromatic amines is 1. The predicted molar refractivity (Wildman–Crippen MR) is 89.1 cm³/mol. The van der Waals surface area contributed by atoms with Crippen LogP contribution in [0.3, 0.4) is 0 Å². The molecule has 3 rings (SSSR count). The zero-order valence-electron chi connectivity index (χ0n) is 13.4. The maximum Gasteiger partial charge on any atom is 0.319 e. The summed E-state index contributed by atoms with van der Waals surface area (Å²) in [5.41, 5.74) is 1.64. The minimum atomic E-state index is -0.514. The molecule has 2 aromatic heterocycles. The first-order valence-corrected chi connectivity index (χ1v) is 7.78. The fraction of sp³-hybridized carbons (Fsp3) is 0.312. The molecule has 1 aliphatic rings. The van der Waals surface area contributed by atoms with Crippen molar-refractivity contribution in [3.8, 4) is 17.3 Å². The molecule has 25 heavy (non-hydrogen) atoms. The quantitative estimate of drug-likeness (QED) is 0.623. The van der Waals surface area contributed by atoms with Crippen LogP contribution in [-0.4, -0.2) is 40.2 Å². The molecule has 1 fully saturated rings. The van der Waals surface area contributed by atoms with Gasteiger partial charge in [-0.1, -0.05) is 0 Å². The number of amides is 3. The minimum Gasteiger partial charge on any atom is -0.353 e. The fourth-order valence-corrected chi connectivity index (χ4v) is 2.22. The number of carbonyl (C=O) groups is 2. The Morgan fingerprint density at radius 3 is 2.84 bits per heavy atom. The Hall–Kier alpha value is -3.41. The molecular weight excluding hydrogens is 322 g/mol. The van der Waals surface area contributed by atoms with Gasteiger partial charge in [0.2, 0.25) is 5.91 Å². The van der Waals surface area contributed by atoms with Gasteiger partial charge in [-0.15, -0.1) is 0 Å². The lowest BCUT2D eigenvalue weighted by molar-refractivity contribution is -0.120. The van der Waals surface area contributed by atoms with Crippen molar-refractivity contribution >= 4 is 17.6 Å². The van der Waals surface area contributed by atoms with Crippen molar-refractivity contribution in [2.45, 2.75) is 12.8 Å². The summed E-state index contributed by atoms with van der Waals surface area (Å²) >= 11 is 0. The smallest absolute Gasteiger partial charge is 0.319 e. The van der Waals surface area contributed by atoms with Crippen molar-refractivity contribution in [1.82, 2.24) is 25.8 Å². The number of H-pyrrole nitrogens is 1. The van der Waals surface area contributed by atoms with E-state index in [-0.39, 0.29) is 12.5 Å². The first kappa shape index (κ1) is 16.4. The van der Waals surface area contributed by atoms with Crippen LogP contribution in [-0.2, 0) is 4.79 Å². The molecule has 9 nitrogen and oxygen atoms in total. The number of carbonyl (C=O) groups excluding carboxylic acids is 2. The Morgan fingerprint density at radius 2 is 2.16 bits per heavy atom.